The number of hydrogen-bond acceptors (Lipinski definition) is 2. The normalized spacial score (nSPS) is 17.2. The van der Waals surface area contributed by atoms with Crippen LogP contribution in [0.3, 0.4) is 0 Å². The maximum atomic E-state index is 11.3. The summed E-state index contributed by atoms with van der Waals surface area (Å²) >= 11 is 0. The third-order valence-electron chi connectivity index (χ3n) is 3.67. The molecule has 1 aliphatic rings. The van der Waals surface area contributed by atoms with E-state index in [0.717, 1.165) is 24.2 Å². The Balaban J connectivity index is 2.13. The highest BCUT2D eigenvalue weighted by atomic mass is 16.5. The Morgan fingerprint density at radius 2 is 2.18 bits per heavy atom. The molecule has 0 heterocycles. The second kappa shape index (κ2) is 5.21. The molecule has 0 radical (unpaired) electrons. The third-order valence-corrected chi connectivity index (χ3v) is 3.67. The zero-order chi connectivity index (χ0) is 12.3. The lowest BCUT2D eigenvalue weighted by Crippen LogP contribution is -2.30. The molecule has 0 aliphatic heterocycles. The molecule has 1 N–H and O–H groups in total. The van der Waals surface area contributed by atoms with E-state index in [1.54, 1.807) is 7.11 Å². The van der Waals surface area contributed by atoms with Crippen LogP contribution in [0.5, 0.6) is 5.75 Å². The second-order valence-corrected chi connectivity index (χ2v) is 4.65. The van der Waals surface area contributed by atoms with Gasteiger partial charge in [-0.1, -0.05) is 24.6 Å². The van der Waals surface area contributed by atoms with E-state index in [1.165, 1.54) is 6.42 Å². The molecule has 1 aromatic carbocycles. The zero-order valence-corrected chi connectivity index (χ0v) is 10.1. The van der Waals surface area contributed by atoms with Crippen LogP contribution in [-0.4, -0.2) is 18.2 Å². The topological polar surface area (TPSA) is 46.5 Å². The molecular formula is C14H18O3. The van der Waals surface area contributed by atoms with Crippen molar-refractivity contribution < 1.29 is 14.6 Å². The molecule has 1 saturated carbocycles. The number of benzene rings is 1. The first-order valence-corrected chi connectivity index (χ1v) is 6.07. The number of para-hydroxylation sites is 1. The summed E-state index contributed by atoms with van der Waals surface area (Å²) in [6, 6.07) is 7.67. The van der Waals surface area contributed by atoms with Gasteiger partial charge in [0.25, 0.3) is 0 Å². The van der Waals surface area contributed by atoms with Crippen LogP contribution in [0.4, 0.5) is 0 Å². The summed E-state index contributed by atoms with van der Waals surface area (Å²) in [6.45, 7) is 0. The summed E-state index contributed by atoms with van der Waals surface area (Å²) in [6.07, 6.45) is 3.84. The highest BCUT2D eigenvalue weighted by molar-refractivity contribution is 5.71. The summed E-state index contributed by atoms with van der Waals surface area (Å²) in [5.41, 5.74) is 0.995. The molecule has 1 atom stereocenters. The maximum Gasteiger partial charge on any atom is 0.307 e. The summed E-state index contributed by atoms with van der Waals surface area (Å²) in [5, 5.41) is 9.29. The summed E-state index contributed by atoms with van der Waals surface area (Å²) < 4.78 is 5.26. The number of aliphatic carboxylic acids is 1. The molecule has 1 aromatic rings. The average Bonchev–Trinajstić information content (AvgIpc) is 2.26. The van der Waals surface area contributed by atoms with Gasteiger partial charge in [0.1, 0.15) is 5.75 Å². The van der Waals surface area contributed by atoms with Crippen molar-refractivity contribution in [1.82, 2.24) is 0 Å². The molecular weight excluding hydrogens is 216 g/mol. The van der Waals surface area contributed by atoms with Gasteiger partial charge in [-0.2, -0.15) is 0 Å². The molecule has 0 spiro atoms. The van der Waals surface area contributed by atoms with Gasteiger partial charge in [-0.05, 0) is 36.8 Å². The van der Waals surface area contributed by atoms with Gasteiger partial charge in [0.2, 0.25) is 0 Å². The van der Waals surface area contributed by atoms with Crippen molar-refractivity contribution in [3.8, 4) is 5.75 Å². The maximum absolute atomic E-state index is 11.3. The van der Waals surface area contributed by atoms with Crippen LogP contribution in [0.15, 0.2) is 24.3 Å². The molecule has 2 rings (SSSR count). The lowest BCUT2D eigenvalue weighted by atomic mass is 9.73. The van der Waals surface area contributed by atoms with Gasteiger partial charge in [-0.25, -0.2) is 0 Å². The molecule has 0 saturated heterocycles. The fraction of sp³-hybridized carbons (Fsp3) is 0.500. The SMILES string of the molecule is COc1ccccc1CC(C(=O)O)C1CCC1. The highest BCUT2D eigenvalue weighted by Crippen LogP contribution is 2.36. The van der Waals surface area contributed by atoms with E-state index in [9.17, 15) is 9.90 Å². The monoisotopic (exact) mass is 234 g/mol. The van der Waals surface area contributed by atoms with Crippen LogP contribution in [-0.2, 0) is 11.2 Å². The Morgan fingerprint density at radius 1 is 1.47 bits per heavy atom. The molecule has 17 heavy (non-hydrogen) atoms. The fourth-order valence-corrected chi connectivity index (χ4v) is 2.41. The molecule has 3 nitrogen and oxygen atoms in total. The largest absolute Gasteiger partial charge is 0.496 e. The summed E-state index contributed by atoms with van der Waals surface area (Å²) in [7, 11) is 1.62. The van der Waals surface area contributed by atoms with E-state index < -0.39 is 5.97 Å². The van der Waals surface area contributed by atoms with Gasteiger partial charge in [0.05, 0.1) is 13.0 Å². The van der Waals surface area contributed by atoms with E-state index in [1.807, 2.05) is 24.3 Å². The predicted molar refractivity (Wildman–Crippen MR) is 65.2 cm³/mol. The van der Waals surface area contributed by atoms with Crippen molar-refractivity contribution in [3.05, 3.63) is 29.8 Å². The van der Waals surface area contributed by atoms with Crippen molar-refractivity contribution in [2.75, 3.05) is 7.11 Å². The van der Waals surface area contributed by atoms with Gasteiger partial charge >= 0.3 is 5.97 Å². The number of carboxylic acids is 1. The molecule has 1 unspecified atom stereocenters. The Hall–Kier alpha value is -1.51. The van der Waals surface area contributed by atoms with Crippen molar-refractivity contribution in [1.29, 1.82) is 0 Å². The zero-order valence-electron chi connectivity index (χ0n) is 10.1. The van der Waals surface area contributed by atoms with Crippen molar-refractivity contribution >= 4 is 5.97 Å². The molecule has 1 fully saturated rings. The first-order chi connectivity index (χ1) is 8.22. The van der Waals surface area contributed by atoms with E-state index in [2.05, 4.69) is 0 Å². The van der Waals surface area contributed by atoms with Gasteiger partial charge in [0.15, 0.2) is 0 Å². The number of rotatable bonds is 5. The minimum atomic E-state index is -0.680. The van der Waals surface area contributed by atoms with Crippen LogP contribution in [0.2, 0.25) is 0 Å². The van der Waals surface area contributed by atoms with Crippen LogP contribution in [0.1, 0.15) is 24.8 Å². The Labute approximate surface area is 101 Å². The molecule has 92 valence electrons. The standard InChI is InChI=1S/C14H18O3/c1-17-13-8-3-2-5-11(13)9-12(14(15)16)10-6-4-7-10/h2-3,5,8,10,12H,4,6-7,9H2,1H3,(H,15,16). The van der Waals surface area contributed by atoms with Crippen molar-refractivity contribution in [2.24, 2.45) is 11.8 Å². The van der Waals surface area contributed by atoms with E-state index in [-0.39, 0.29) is 5.92 Å². The quantitative estimate of drug-likeness (QED) is 0.852. The minimum Gasteiger partial charge on any atom is -0.496 e. The Kier molecular flexibility index (Phi) is 3.67. The van der Waals surface area contributed by atoms with Crippen LogP contribution in [0.25, 0.3) is 0 Å². The molecule has 0 bridgehead atoms. The second-order valence-electron chi connectivity index (χ2n) is 4.65. The van der Waals surface area contributed by atoms with Gasteiger partial charge < -0.3 is 9.84 Å². The van der Waals surface area contributed by atoms with Gasteiger partial charge in [-0.3, -0.25) is 4.79 Å². The Morgan fingerprint density at radius 3 is 2.71 bits per heavy atom. The predicted octanol–water partition coefficient (Wildman–Crippen LogP) is 2.74. The van der Waals surface area contributed by atoms with Crippen LogP contribution in [0, 0.1) is 11.8 Å². The first kappa shape index (κ1) is 12.0. The number of ether oxygens (including phenoxy) is 1. The average molecular weight is 234 g/mol. The number of carbonyl (C=O) groups is 1. The fourth-order valence-electron chi connectivity index (χ4n) is 2.41. The number of methoxy groups -OCH3 is 1. The van der Waals surface area contributed by atoms with E-state index in [0.29, 0.717) is 12.3 Å². The lowest BCUT2D eigenvalue weighted by molar-refractivity contribution is -0.144. The summed E-state index contributed by atoms with van der Waals surface area (Å²) in [5.74, 6) is 0.191. The van der Waals surface area contributed by atoms with Gasteiger partial charge in [0, 0.05) is 0 Å². The van der Waals surface area contributed by atoms with Gasteiger partial charge in [-0.15, -0.1) is 0 Å². The number of carboxylic acid groups (broad SMARTS) is 1. The number of hydrogen-bond donors (Lipinski definition) is 1. The first-order valence-electron chi connectivity index (χ1n) is 6.07. The molecule has 3 heteroatoms. The third kappa shape index (κ3) is 2.60. The van der Waals surface area contributed by atoms with E-state index in [4.69, 9.17) is 4.74 Å². The van der Waals surface area contributed by atoms with Crippen LogP contribution < -0.4 is 4.74 Å². The lowest BCUT2D eigenvalue weighted by Gasteiger charge is -2.31. The Bertz CT molecular complexity index is 396. The molecule has 1 aliphatic carbocycles. The summed E-state index contributed by atoms with van der Waals surface area (Å²) in [4.78, 5) is 11.3. The highest BCUT2D eigenvalue weighted by Gasteiger charge is 2.32. The molecule has 0 amide bonds. The minimum absolute atomic E-state index is 0.264. The smallest absolute Gasteiger partial charge is 0.307 e. The van der Waals surface area contributed by atoms with Crippen LogP contribution >= 0.6 is 0 Å². The van der Waals surface area contributed by atoms with Crippen molar-refractivity contribution in [3.63, 3.8) is 0 Å². The molecule has 0 aromatic heterocycles. The van der Waals surface area contributed by atoms with Crippen molar-refractivity contribution in [2.45, 2.75) is 25.7 Å². The van der Waals surface area contributed by atoms with E-state index >= 15 is 0 Å².